The van der Waals surface area contributed by atoms with Crippen LogP contribution in [-0.4, -0.2) is 26.3 Å². The number of sulfonamides is 1. The van der Waals surface area contributed by atoms with Gasteiger partial charge in [-0.1, -0.05) is 60.7 Å². The van der Waals surface area contributed by atoms with Crippen molar-refractivity contribution in [3.63, 3.8) is 0 Å². The number of rotatable bonds is 8. The van der Waals surface area contributed by atoms with Gasteiger partial charge in [-0.2, -0.15) is 4.72 Å². The summed E-state index contributed by atoms with van der Waals surface area (Å²) in [5, 5.41) is 0.953. The summed E-state index contributed by atoms with van der Waals surface area (Å²) >= 11 is 0. The van der Waals surface area contributed by atoms with Gasteiger partial charge >= 0.3 is 5.97 Å². The fourth-order valence-electron chi connectivity index (χ4n) is 2.20. The van der Waals surface area contributed by atoms with Crippen molar-refractivity contribution in [3.8, 4) is 0 Å². The first kappa shape index (κ1) is 20.3. The first-order chi connectivity index (χ1) is 12.8. The Labute approximate surface area is 157 Å². The highest BCUT2D eigenvalue weighted by Gasteiger charge is 2.27. The molecule has 0 saturated carbocycles. The molecule has 0 aliphatic carbocycles. The quantitative estimate of drug-likeness (QED) is 0.668. The lowest BCUT2D eigenvalue weighted by Gasteiger charge is -2.18. The number of hydrogen-bond donors (Lipinski definition) is 2. The zero-order valence-corrected chi connectivity index (χ0v) is 15.4. The normalized spacial score (nSPS) is 13.8. The average Bonchev–Trinajstić information content (AvgIpc) is 2.65. The molecule has 0 bridgehead atoms. The van der Waals surface area contributed by atoms with E-state index in [2.05, 4.69) is 4.72 Å². The predicted octanol–water partition coefficient (Wildman–Crippen LogP) is 1.73. The Bertz CT molecular complexity index is 912. The van der Waals surface area contributed by atoms with E-state index in [-0.39, 0.29) is 0 Å². The number of nitrogens with one attached hydrogen (secondary N) is 1. The Morgan fingerprint density at radius 3 is 2.15 bits per heavy atom. The number of benzene rings is 2. The monoisotopic (exact) mass is 388 g/mol. The number of amides is 1. The van der Waals surface area contributed by atoms with Crippen LogP contribution in [0.5, 0.6) is 0 Å². The molecule has 2 atom stereocenters. The minimum atomic E-state index is -3.89. The van der Waals surface area contributed by atoms with Crippen molar-refractivity contribution in [1.29, 1.82) is 0 Å². The summed E-state index contributed by atoms with van der Waals surface area (Å²) in [6.45, 7) is 1.32. The molecule has 8 heteroatoms. The van der Waals surface area contributed by atoms with Gasteiger partial charge in [-0.3, -0.25) is 9.59 Å². The smallest absolute Gasteiger partial charge is 0.325 e. The number of ether oxygens (including phenoxy) is 1. The van der Waals surface area contributed by atoms with Gasteiger partial charge in [0.05, 0.1) is 0 Å². The maximum Gasteiger partial charge on any atom is 0.325 e. The Balaban J connectivity index is 2.03. The molecule has 0 aromatic heterocycles. The highest BCUT2D eigenvalue weighted by atomic mass is 32.2. The summed E-state index contributed by atoms with van der Waals surface area (Å²) in [6, 6.07) is 15.9. The summed E-state index contributed by atoms with van der Waals surface area (Å²) in [5.74, 6) is -1.77. The van der Waals surface area contributed by atoms with Gasteiger partial charge in [0, 0.05) is 11.0 Å². The molecule has 0 heterocycles. The predicted molar refractivity (Wildman–Crippen MR) is 101 cm³/mol. The third kappa shape index (κ3) is 6.36. The van der Waals surface area contributed by atoms with Crippen LogP contribution in [0.4, 0.5) is 0 Å². The summed E-state index contributed by atoms with van der Waals surface area (Å²) in [6.07, 6.45) is 0.0989. The number of hydrogen-bond acceptors (Lipinski definition) is 5. The van der Waals surface area contributed by atoms with Crippen molar-refractivity contribution in [2.45, 2.75) is 19.1 Å². The second kappa shape index (κ2) is 9.11. The zero-order chi connectivity index (χ0) is 19.9. The zero-order valence-electron chi connectivity index (χ0n) is 14.6. The van der Waals surface area contributed by atoms with Crippen LogP contribution in [0.2, 0.25) is 0 Å². The molecule has 3 N–H and O–H groups in total. The van der Waals surface area contributed by atoms with Gasteiger partial charge in [-0.05, 0) is 18.6 Å². The van der Waals surface area contributed by atoms with Crippen LogP contribution in [0.15, 0.2) is 66.1 Å². The van der Waals surface area contributed by atoms with Crippen molar-refractivity contribution < 1.29 is 22.7 Å². The fourth-order valence-corrected chi connectivity index (χ4v) is 3.21. The summed E-state index contributed by atoms with van der Waals surface area (Å²) in [7, 11) is -3.89. The number of carbonyl (C=O) groups excluding carboxylic acids is 2. The maximum absolute atomic E-state index is 12.2. The maximum atomic E-state index is 12.2. The van der Waals surface area contributed by atoms with Gasteiger partial charge in [0.2, 0.25) is 16.1 Å². The van der Waals surface area contributed by atoms with E-state index in [1.807, 2.05) is 6.07 Å². The van der Waals surface area contributed by atoms with Crippen molar-refractivity contribution >= 4 is 28.0 Å². The van der Waals surface area contributed by atoms with E-state index in [1.54, 1.807) is 54.6 Å². The lowest BCUT2D eigenvalue weighted by atomic mass is 10.1. The van der Waals surface area contributed by atoms with Crippen LogP contribution in [0.1, 0.15) is 24.2 Å². The Morgan fingerprint density at radius 2 is 1.59 bits per heavy atom. The van der Waals surface area contributed by atoms with Crippen LogP contribution in [0.3, 0.4) is 0 Å². The molecule has 0 aliphatic heterocycles. The molecule has 2 aromatic rings. The van der Waals surface area contributed by atoms with Crippen LogP contribution in [0.25, 0.3) is 6.08 Å². The fraction of sp³-hybridized carbons (Fsp3) is 0.158. The number of primary amides is 1. The highest BCUT2D eigenvalue weighted by Crippen LogP contribution is 2.17. The standard InChI is InChI=1S/C19H20N2O5S/c1-14(21-27(24,25)13-12-15-8-4-2-5-9-15)19(23)26-17(18(20)22)16-10-6-3-7-11-16/h2-14,17,21H,1H3,(H2,20,22)/b13-12+/t14-,17?/m1/s1. The first-order valence-corrected chi connectivity index (χ1v) is 9.63. The highest BCUT2D eigenvalue weighted by molar-refractivity contribution is 7.92. The Hall–Kier alpha value is -2.97. The first-order valence-electron chi connectivity index (χ1n) is 8.09. The molecule has 0 aliphatic rings. The van der Waals surface area contributed by atoms with Gasteiger partial charge in [-0.15, -0.1) is 0 Å². The van der Waals surface area contributed by atoms with E-state index >= 15 is 0 Å². The van der Waals surface area contributed by atoms with Crippen molar-refractivity contribution in [2.75, 3.05) is 0 Å². The summed E-state index contributed by atoms with van der Waals surface area (Å²) in [5.41, 5.74) is 6.38. The molecule has 142 valence electrons. The van der Waals surface area contributed by atoms with Crippen LogP contribution >= 0.6 is 0 Å². The molecule has 1 unspecified atom stereocenters. The molecule has 0 fully saturated rings. The third-order valence-electron chi connectivity index (χ3n) is 3.53. The lowest BCUT2D eigenvalue weighted by molar-refractivity contribution is -0.156. The molecule has 2 aromatic carbocycles. The number of carbonyl (C=O) groups is 2. The topological polar surface area (TPSA) is 116 Å². The minimum absolute atomic E-state index is 0.400. The van der Waals surface area contributed by atoms with Gasteiger partial charge in [-0.25, -0.2) is 8.42 Å². The minimum Gasteiger partial charge on any atom is -0.446 e. The SMILES string of the molecule is C[C@@H](NS(=O)(=O)/C=C/c1ccccc1)C(=O)OC(C(N)=O)c1ccccc1. The molecule has 7 nitrogen and oxygen atoms in total. The van der Waals surface area contributed by atoms with Gasteiger partial charge < -0.3 is 10.5 Å². The van der Waals surface area contributed by atoms with Crippen LogP contribution < -0.4 is 10.5 Å². The number of esters is 1. The molecule has 1 amide bonds. The molecule has 0 radical (unpaired) electrons. The Morgan fingerprint density at radius 1 is 1.04 bits per heavy atom. The molecular formula is C19H20N2O5S. The molecular weight excluding hydrogens is 368 g/mol. The molecule has 0 spiro atoms. The Kier molecular flexibility index (Phi) is 6.86. The summed E-state index contributed by atoms with van der Waals surface area (Å²) < 4.78 is 31.5. The van der Waals surface area contributed by atoms with Crippen LogP contribution in [-0.2, 0) is 24.3 Å². The lowest BCUT2D eigenvalue weighted by Crippen LogP contribution is -2.40. The van der Waals surface area contributed by atoms with Crippen molar-refractivity contribution in [2.24, 2.45) is 5.73 Å². The van der Waals surface area contributed by atoms with E-state index in [1.165, 1.54) is 13.0 Å². The van der Waals surface area contributed by atoms with Crippen molar-refractivity contribution in [1.82, 2.24) is 4.72 Å². The van der Waals surface area contributed by atoms with E-state index < -0.39 is 34.0 Å². The third-order valence-corrected chi connectivity index (χ3v) is 4.71. The summed E-state index contributed by atoms with van der Waals surface area (Å²) in [4.78, 5) is 23.8. The second-order valence-corrected chi connectivity index (χ2v) is 7.33. The van der Waals surface area contributed by atoms with Crippen LogP contribution in [0, 0.1) is 0 Å². The largest absolute Gasteiger partial charge is 0.446 e. The molecule has 2 rings (SSSR count). The molecule has 0 saturated heterocycles. The van der Waals surface area contributed by atoms with E-state index in [9.17, 15) is 18.0 Å². The number of nitrogens with two attached hydrogens (primary N) is 1. The average molecular weight is 388 g/mol. The van der Waals surface area contributed by atoms with Crippen molar-refractivity contribution in [3.05, 3.63) is 77.2 Å². The van der Waals surface area contributed by atoms with E-state index in [4.69, 9.17) is 10.5 Å². The van der Waals surface area contributed by atoms with E-state index in [0.717, 1.165) is 5.41 Å². The van der Waals surface area contributed by atoms with Gasteiger partial charge in [0.25, 0.3) is 5.91 Å². The second-order valence-electron chi connectivity index (χ2n) is 5.73. The molecule has 27 heavy (non-hydrogen) atoms. The van der Waals surface area contributed by atoms with Gasteiger partial charge in [0.1, 0.15) is 6.04 Å². The van der Waals surface area contributed by atoms with Gasteiger partial charge in [0.15, 0.2) is 0 Å². The van der Waals surface area contributed by atoms with E-state index in [0.29, 0.717) is 11.1 Å².